The normalized spacial score (nSPS) is 10.5. The Balaban J connectivity index is 1.75. The maximum atomic E-state index is 13.2. The van der Waals surface area contributed by atoms with Crippen LogP contribution in [0.1, 0.15) is 5.56 Å². The lowest BCUT2D eigenvalue weighted by Gasteiger charge is -2.09. The van der Waals surface area contributed by atoms with Gasteiger partial charge in [-0.3, -0.25) is 0 Å². The molecule has 2 N–H and O–H groups in total. The van der Waals surface area contributed by atoms with Crippen LogP contribution in [0.4, 0.5) is 10.1 Å². The molecule has 0 atom stereocenters. The molecular weight excluding hydrogens is 269 g/mol. The Morgan fingerprint density at radius 2 is 2.10 bits per heavy atom. The second-order valence-corrected chi connectivity index (χ2v) is 4.69. The number of aromatic nitrogens is 2. The third-order valence-electron chi connectivity index (χ3n) is 3.09. The molecule has 2 aromatic carbocycles. The molecule has 0 radical (unpaired) electrons. The summed E-state index contributed by atoms with van der Waals surface area (Å²) in [5.74, 6) is -0.516. The van der Waals surface area contributed by atoms with Gasteiger partial charge in [0.15, 0.2) is 0 Å². The van der Waals surface area contributed by atoms with Crippen LogP contribution < -0.4 is 5.32 Å². The quantitative estimate of drug-likeness (QED) is 0.772. The monoisotopic (exact) mass is 283 g/mol. The van der Waals surface area contributed by atoms with Crippen LogP contribution >= 0.6 is 0 Å². The van der Waals surface area contributed by atoms with Gasteiger partial charge in [-0.15, -0.1) is 0 Å². The summed E-state index contributed by atoms with van der Waals surface area (Å²) in [5.41, 5.74) is 2.57. The lowest BCUT2D eigenvalue weighted by molar-refractivity contribution is 0.468. The summed E-state index contributed by atoms with van der Waals surface area (Å²) >= 11 is 0. The van der Waals surface area contributed by atoms with Crippen molar-refractivity contribution in [1.82, 2.24) is 9.55 Å². The molecule has 0 aliphatic rings. The molecule has 0 saturated heterocycles. The van der Waals surface area contributed by atoms with Crippen molar-refractivity contribution in [3.63, 3.8) is 0 Å². The number of hydrogen-bond acceptors (Lipinski definition) is 3. The maximum absolute atomic E-state index is 13.2. The van der Waals surface area contributed by atoms with Gasteiger partial charge in [0.25, 0.3) is 0 Å². The molecule has 3 rings (SSSR count). The number of halogens is 1. The van der Waals surface area contributed by atoms with Crippen LogP contribution in [0, 0.1) is 5.82 Å². The second-order valence-electron chi connectivity index (χ2n) is 4.69. The predicted octanol–water partition coefficient (Wildman–Crippen LogP) is 3.33. The first kappa shape index (κ1) is 13.2. The molecule has 0 aliphatic heterocycles. The van der Waals surface area contributed by atoms with Crippen molar-refractivity contribution in [2.24, 2.45) is 0 Å². The third kappa shape index (κ3) is 3.20. The van der Waals surface area contributed by atoms with Crippen LogP contribution in [0.5, 0.6) is 5.75 Å². The summed E-state index contributed by atoms with van der Waals surface area (Å²) in [5, 5.41) is 12.6. The van der Waals surface area contributed by atoms with Crippen LogP contribution in [0.25, 0.3) is 5.69 Å². The molecule has 0 unspecified atom stereocenters. The molecule has 106 valence electrons. The number of benzene rings is 2. The molecule has 21 heavy (non-hydrogen) atoms. The fourth-order valence-corrected chi connectivity index (χ4v) is 2.13. The summed E-state index contributed by atoms with van der Waals surface area (Å²) in [6.07, 6.45) is 5.31. The minimum atomic E-state index is -0.445. The second kappa shape index (κ2) is 5.66. The van der Waals surface area contributed by atoms with E-state index in [1.807, 2.05) is 35.0 Å². The van der Waals surface area contributed by atoms with Crippen LogP contribution in [0.3, 0.4) is 0 Å². The van der Waals surface area contributed by atoms with Crippen molar-refractivity contribution in [3.8, 4) is 11.4 Å². The largest absolute Gasteiger partial charge is 0.508 e. The van der Waals surface area contributed by atoms with E-state index in [1.54, 1.807) is 12.5 Å². The number of rotatable bonds is 4. The molecule has 0 bridgehead atoms. The highest BCUT2D eigenvalue weighted by Crippen LogP contribution is 2.18. The first-order valence-corrected chi connectivity index (χ1v) is 6.51. The van der Waals surface area contributed by atoms with Crippen molar-refractivity contribution in [2.45, 2.75) is 6.54 Å². The highest BCUT2D eigenvalue weighted by atomic mass is 19.1. The predicted molar refractivity (Wildman–Crippen MR) is 79.0 cm³/mol. The van der Waals surface area contributed by atoms with Crippen molar-refractivity contribution >= 4 is 5.69 Å². The zero-order valence-electron chi connectivity index (χ0n) is 11.2. The van der Waals surface area contributed by atoms with E-state index in [-0.39, 0.29) is 5.75 Å². The van der Waals surface area contributed by atoms with E-state index in [0.717, 1.165) is 17.4 Å². The summed E-state index contributed by atoms with van der Waals surface area (Å²) in [6, 6.07) is 11.8. The van der Waals surface area contributed by atoms with Gasteiger partial charge in [0.05, 0.1) is 6.33 Å². The van der Waals surface area contributed by atoms with E-state index in [9.17, 15) is 9.50 Å². The number of aromatic hydroxyl groups is 1. The molecule has 3 aromatic rings. The standard InChI is InChI=1S/C16H14FN3O/c17-13-6-12(7-16(21)8-13)10-19-14-2-1-3-15(9-14)20-5-4-18-11-20/h1-9,11,19,21H,10H2. The molecule has 1 aromatic heterocycles. The Hall–Kier alpha value is -2.82. The lowest BCUT2D eigenvalue weighted by atomic mass is 10.2. The van der Waals surface area contributed by atoms with E-state index in [4.69, 9.17) is 0 Å². The molecular formula is C16H14FN3O. The summed E-state index contributed by atoms with van der Waals surface area (Å²) in [6.45, 7) is 0.429. The molecule has 0 aliphatic carbocycles. The van der Waals surface area contributed by atoms with E-state index in [2.05, 4.69) is 10.3 Å². The molecule has 1 heterocycles. The maximum Gasteiger partial charge on any atom is 0.127 e. The van der Waals surface area contributed by atoms with Crippen LogP contribution in [0.2, 0.25) is 0 Å². The van der Waals surface area contributed by atoms with Crippen molar-refractivity contribution in [3.05, 3.63) is 72.6 Å². The Morgan fingerprint density at radius 1 is 1.19 bits per heavy atom. The van der Waals surface area contributed by atoms with Gasteiger partial charge in [-0.2, -0.15) is 0 Å². The van der Waals surface area contributed by atoms with Crippen LogP contribution in [-0.4, -0.2) is 14.7 Å². The van der Waals surface area contributed by atoms with Gasteiger partial charge in [-0.1, -0.05) is 6.07 Å². The highest BCUT2D eigenvalue weighted by Gasteiger charge is 2.01. The molecule has 0 amide bonds. The van der Waals surface area contributed by atoms with Gasteiger partial charge in [-0.25, -0.2) is 9.37 Å². The fraction of sp³-hybridized carbons (Fsp3) is 0.0625. The molecule has 0 fully saturated rings. The number of phenols is 1. The van der Waals surface area contributed by atoms with Crippen LogP contribution in [0.15, 0.2) is 61.2 Å². The average molecular weight is 283 g/mol. The smallest absolute Gasteiger partial charge is 0.127 e. The Kier molecular flexibility index (Phi) is 3.55. The van der Waals surface area contributed by atoms with Gasteiger partial charge < -0.3 is 15.0 Å². The average Bonchev–Trinajstić information content (AvgIpc) is 2.99. The van der Waals surface area contributed by atoms with E-state index < -0.39 is 5.82 Å². The zero-order valence-corrected chi connectivity index (χ0v) is 11.2. The van der Waals surface area contributed by atoms with Crippen molar-refractivity contribution in [2.75, 3.05) is 5.32 Å². The highest BCUT2D eigenvalue weighted by molar-refractivity contribution is 5.51. The molecule has 4 nitrogen and oxygen atoms in total. The Labute approximate surface area is 121 Å². The van der Waals surface area contributed by atoms with Crippen molar-refractivity contribution < 1.29 is 9.50 Å². The van der Waals surface area contributed by atoms with Gasteiger partial charge in [0.1, 0.15) is 11.6 Å². The minimum absolute atomic E-state index is 0.0704. The summed E-state index contributed by atoms with van der Waals surface area (Å²) in [4.78, 5) is 4.01. The third-order valence-corrected chi connectivity index (χ3v) is 3.09. The van der Waals surface area contributed by atoms with Gasteiger partial charge in [0, 0.05) is 36.4 Å². The topological polar surface area (TPSA) is 50.1 Å². The van der Waals surface area contributed by atoms with Gasteiger partial charge in [-0.05, 0) is 35.9 Å². The number of nitrogens with one attached hydrogen (secondary N) is 1. The van der Waals surface area contributed by atoms with E-state index >= 15 is 0 Å². The first-order valence-electron chi connectivity index (χ1n) is 6.51. The van der Waals surface area contributed by atoms with E-state index in [0.29, 0.717) is 12.1 Å². The number of hydrogen-bond donors (Lipinski definition) is 2. The molecule has 0 spiro atoms. The first-order chi connectivity index (χ1) is 10.2. The summed E-state index contributed by atoms with van der Waals surface area (Å²) < 4.78 is 15.1. The van der Waals surface area contributed by atoms with E-state index in [1.165, 1.54) is 12.1 Å². The molecule has 5 heteroatoms. The fourth-order valence-electron chi connectivity index (χ4n) is 2.13. The number of anilines is 1. The van der Waals surface area contributed by atoms with Crippen molar-refractivity contribution in [1.29, 1.82) is 0 Å². The number of imidazole rings is 1. The summed E-state index contributed by atoms with van der Waals surface area (Å²) in [7, 11) is 0. The van der Waals surface area contributed by atoms with Gasteiger partial charge in [0.2, 0.25) is 0 Å². The lowest BCUT2D eigenvalue weighted by Crippen LogP contribution is -2.00. The number of nitrogens with zero attached hydrogens (tertiary/aromatic N) is 2. The molecule has 0 saturated carbocycles. The minimum Gasteiger partial charge on any atom is -0.508 e. The Bertz CT molecular complexity index is 721. The van der Waals surface area contributed by atoms with Gasteiger partial charge >= 0.3 is 0 Å². The van der Waals surface area contributed by atoms with Crippen LogP contribution in [-0.2, 0) is 6.54 Å². The zero-order chi connectivity index (χ0) is 14.7. The Morgan fingerprint density at radius 3 is 2.86 bits per heavy atom. The number of phenolic OH excluding ortho intramolecular Hbond substituents is 1. The SMILES string of the molecule is Oc1cc(F)cc(CNc2cccc(-n3ccnc3)c2)c1.